The fraction of sp³-hybridized carbons (Fsp3) is 0.0667. The predicted molar refractivity (Wildman–Crippen MR) is 83.8 cm³/mol. The second kappa shape index (κ2) is 8.28. The van der Waals surface area contributed by atoms with Crippen LogP contribution in [-0.4, -0.2) is 34.6 Å². The lowest BCUT2D eigenvalue weighted by Gasteiger charge is -2.01. The van der Waals surface area contributed by atoms with Crippen LogP contribution in [0, 0.1) is 0 Å². The van der Waals surface area contributed by atoms with Gasteiger partial charge in [-0.2, -0.15) is 5.10 Å². The molecule has 7 nitrogen and oxygen atoms in total. The molecule has 0 bridgehead atoms. The Morgan fingerprint density at radius 1 is 1.14 bits per heavy atom. The Bertz CT molecular complexity index is 654. The standard InChI is InChI=1S/C14H13N3O3.CH4O/c15-11-4-1-9(2-5-11)14(20)17-16-8-10-3-6-12(18)7-13(10)19;1-2/h1-8,18-19H,15H2,(H,17,20);2H,1H3/b16-8+;. The molecule has 0 aliphatic heterocycles. The molecule has 0 heterocycles. The van der Waals surface area contributed by atoms with Crippen LogP contribution in [0.3, 0.4) is 0 Å². The lowest BCUT2D eigenvalue weighted by Crippen LogP contribution is -2.17. The summed E-state index contributed by atoms with van der Waals surface area (Å²) >= 11 is 0. The zero-order valence-electron chi connectivity index (χ0n) is 11.9. The molecule has 0 aliphatic carbocycles. The quantitative estimate of drug-likeness (QED) is 0.329. The van der Waals surface area contributed by atoms with Gasteiger partial charge in [-0.15, -0.1) is 0 Å². The van der Waals surface area contributed by atoms with Crippen LogP contribution in [-0.2, 0) is 0 Å². The second-order valence-corrected chi connectivity index (χ2v) is 4.06. The van der Waals surface area contributed by atoms with Crippen molar-refractivity contribution >= 4 is 17.8 Å². The Labute approximate surface area is 127 Å². The van der Waals surface area contributed by atoms with E-state index in [0.717, 1.165) is 7.11 Å². The number of phenols is 2. The van der Waals surface area contributed by atoms with Gasteiger partial charge in [-0.1, -0.05) is 0 Å². The molecule has 0 aliphatic rings. The number of hydrazone groups is 1. The van der Waals surface area contributed by atoms with Crippen molar-refractivity contribution in [3.63, 3.8) is 0 Å². The van der Waals surface area contributed by atoms with Gasteiger partial charge in [0.2, 0.25) is 0 Å². The molecular formula is C15H17N3O4. The minimum absolute atomic E-state index is 0.0504. The van der Waals surface area contributed by atoms with Gasteiger partial charge in [0.15, 0.2) is 0 Å². The van der Waals surface area contributed by atoms with Gasteiger partial charge >= 0.3 is 0 Å². The number of amides is 1. The van der Waals surface area contributed by atoms with Gasteiger partial charge in [-0.25, -0.2) is 5.43 Å². The summed E-state index contributed by atoms with van der Waals surface area (Å²) in [7, 11) is 1.00. The Balaban J connectivity index is 0.00000116. The summed E-state index contributed by atoms with van der Waals surface area (Å²) < 4.78 is 0. The number of carbonyl (C=O) groups excluding carboxylic acids is 1. The maximum absolute atomic E-state index is 11.7. The zero-order chi connectivity index (χ0) is 16.5. The van der Waals surface area contributed by atoms with E-state index in [4.69, 9.17) is 15.9 Å². The first kappa shape index (κ1) is 17.0. The van der Waals surface area contributed by atoms with Crippen LogP contribution in [0.1, 0.15) is 15.9 Å². The lowest BCUT2D eigenvalue weighted by atomic mass is 10.2. The molecule has 0 saturated heterocycles. The van der Waals surface area contributed by atoms with E-state index in [9.17, 15) is 9.90 Å². The molecule has 0 spiro atoms. The summed E-state index contributed by atoms with van der Waals surface area (Å²) in [5.41, 5.74) is 9.21. The molecular weight excluding hydrogens is 286 g/mol. The molecule has 2 rings (SSSR count). The van der Waals surface area contributed by atoms with Gasteiger partial charge in [0.05, 0.1) is 6.21 Å². The molecule has 0 unspecified atom stereocenters. The number of hydrogen-bond acceptors (Lipinski definition) is 6. The number of nitrogen functional groups attached to an aromatic ring is 1. The van der Waals surface area contributed by atoms with E-state index < -0.39 is 0 Å². The highest BCUT2D eigenvalue weighted by Crippen LogP contribution is 2.20. The van der Waals surface area contributed by atoms with Crippen LogP contribution < -0.4 is 11.2 Å². The number of aromatic hydroxyl groups is 2. The topological polar surface area (TPSA) is 128 Å². The molecule has 1 amide bonds. The number of carbonyl (C=O) groups is 1. The number of nitrogens with zero attached hydrogens (tertiary/aromatic N) is 1. The number of rotatable bonds is 3. The molecule has 7 heteroatoms. The maximum atomic E-state index is 11.7. The van der Waals surface area contributed by atoms with Gasteiger partial charge in [0, 0.05) is 30.0 Å². The van der Waals surface area contributed by atoms with Crippen molar-refractivity contribution in [2.45, 2.75) is 0 Å². The van der Waals surface area contributed by atoms with Crippen molar-refractivity contribution in [2.24, 2.45) is 5.10 Å². The number of hydrogen-bond donors (Lipinski definition) is 5. The number of benzene rings is 2. The Kier molecular flexibility index (Phi) is 6.39. The van der Waals surface area contributed by atoms with E-state index in [1.807, 2.05) is 0 Å². The summed E-state index contributed by atoms with van der Waals surface area (Å²) in [5, 5.41) is 29.4. The fourth-order valence-electron chi connectivity index (χ4n) is 1.50. The summed E-state index contributed by atoms with van der Waals surface area (Å²) in [6.07, 6.45) is 1.28. The molecule has 2 aromatic carbocycles. The van der Waals surface area contributed by atoms with Crippen molar-refractivity contribution < 1.29 is 20.1 Å². The van der Waals surface area contributed by atoms with E-state index in [1.165, 1.54) is 24.4 Å². The molecule has 0 atom stereocenters. The van der Waals surface area contributed by atoms with Crippen molar-refractivity contribution in [3.05, 3.63) is 53.6 Å². The Morgan fingerprint density at radius 3 is 2.36 bits per heavy atom. The first-order chi connectivity index (χ1) is 10.6. The van der Waals surface area contributed by atoms with E-state index in [0.29, 0.717) is 16.8 Å². The molecule has 0 saturated carbocycles. The van der Waals surface area contributed by atoms with Gasteiger partial charge in [-0.05, 0) is 36.4 Å². The van der Waals surface area contributed by atoms with Gasteiger partial charge < -0.3 is 21.1 Å². The van der Waals surface area contributed by atoms with Crippen molar-refractivity contribution in [3.8, 4) is 11.5 Å². The second-order valence-electron chi connectivity index (χ2n) is 4.06. The summed E-state index contributed by atoms with van der Waals surface area (Å²) in [4.78, 5) is 11.7. The first-order valence-corrected chi connectivity index (χ1v) is 6.22. The predicted octanol–water partition coefficient (Wildman–Crippen LogP) is 1.05. The van der Waals surface area contributed by atoms with Gasteiger partial charge in [-0.3, -0.25) is 4.79 Å². The number of nitrogens with one attached hydrogen (secondary N) is 1. The molecule has 2 aromatic rings. The Morgan fingerprint density at radius 2 is 1.77 bits per heavy atom. The van der Waals surface area contributed by atoms with Gasteiger partial charge in [0.25, 0.3) is 5.91 Å². The van der Waals surface area contributed by atoms with Gasteiger partial charge in [0.1, 0.15) is 11.5 Å². The van der Waals surface area contributed by atoms with Crippen LogP contribution in [0.2, 0.25) is 0 Å². The SMILES string of the molecule is CO.Nc1ccc(C(=O)N/N=C/c2ccc(O)cc2O)cc1. The first-order valence-electron chi connectivity index (χ1n) is 6.22. The minimum atomic E-state index is -0.389. The van der Waals surface area contributed by atoms with E-state index in [2.05, 4.69) is 10.5 Å². The molecule has 0 fully saturated rings. The highest BCUT2D eigenvalue weighted by molar-refractivity contribution is 5.95. The normalized spacial score (nSPS) is 9.91. The van der Waals surface area contributed by atoms with E-state index in [1.54, 1.807) is 24.3 Å². The number of aliphatic hydroxyl groups excluding tert-OH is 1. The average molecular weight is 303 g/mol. The highest BCUT2D eigenvalue weighted by Gasteiger charge is 2.03. The van der Waals surface area contributed by atoms with Crippen LogP contribution in [0.15, 0.2) is 47.6 Å². The molecule has 116 valence electrons. The van der Waals surface area contributed by atoms with E-state index in [-0.39, 0.29) is 17.4 Å². The lowest BCUT2D eigenvalue weighted by molar-refractivity contribution is 0.0955. The van der Waals surface area contributed by atoms with Crippen LogP contribution in [0.25, 0.3) is 0 Å². The number of aliphatic hydroxyl groups is 1. The highest BCUT2D eigenvalue weighted by atomic mass is 16.3. The minimum Gasteiger partial charge on any atom is -0.508 e. The maximum Gasteiger partial charge on any atom is 0.271 e. The summed E-state index contributed by atoms with van der Waals surface area (Å²) in [5.74, 6) is -0.569. The smallest absolute Gasteiger partial charge is 0.271 e. The molecule has 6 N–H and O–H groups in total. The van der Waals surface area contributed by atoms with Crippen LogP contribution >= 0.6 is 0 Å². The zero-order valence-corrected chi connectivity index (χ0v) is 11.9. The molecule has 0 radical (unpaired) electrons. The van der Waals surface area contributed by atoms with Crippen molar-refractivity contribution in [1.82, 2.24) is 5.43 Å². The number of nitrogens with two attached hydrogens (primary N) is 1. The fourth-order valence-corrected chi connectivity index (χ4v) is 1.50. The van der Waals surface area contributed by atoms with Crippen molar-refractivity contribution in [2.75, 3.05) is 12.8 Å². The van der Waals surface area contributed by atoms with Crippen LogP contribution in [0.4, 0.5) is 5.69 Å². The third-order valence-electron chi connectivity index (χ3n) is 2.56. The summed E-state index contributed by atoms with van der Waals surface area (Å²) in [6, 6.07) is 10.5. The number of phenolic OH excluding ortho intramolecular Hbond substituents is 2. The van der Waals surface area contributed by atoms with Crippen molar-refractivity contribution in [1.29, 1.82) is 0 Å². The Hall–Kier alpha value is -3.06. The average Bonchev–Trinajstić information content (AvgIpc) is 2.52. The number of anilines is 1. The third kappa shape index (κ3) is 4.80. The monoisotopic (exact) mass is 303 g/mol. The molecule has 0 aromatic heterocycles. The summed E-state index contributed by atoms with van der Waals surface area (Å²) in [6.45, 7) is 0. The third-order valence-corrected chi connectivity index (χ3v) is 2.56. The largest absolute Gasteiger partial charge is 0.508 e. The molecule has 22 heavy (non-hydrogen) atoms. The van der Waals surface area contributed by atoms with Crippen LogP contribution in [0.5, 0.6) is 11.5 Å². The van der Waals surface area contributed by atoms with E-state index >= 15 is 0 Å².